The normalized spacial score (nSPS) is 18.7. The van der Waals surface area contributed by atoms with Gasteiger partial charge in [-0.15, -0.1) is 0 Å². The molecule has 0 unspecified atom stereocenters. The fourth-order valence-corrected chi connectivity index (χ4v) is 4.31. The molecule has 1 aliphatic rings. The Hall–Kier alpha value is -3.15. The highest BCUT2D eigenvalue weighted by Gasteiger charge is 2.31. The largest absolute Gasteiger partial charge is 0.493 e. The molecule has 1 fully saturated rings. The molecule has 0 radical (unpaired) electrons. The van der Waals surface area contributed by atoms with Gasteiger partial charge in [0.05, 0.1) is 40.4 Å². The lowest BCUT2D eigenvalue weighted by atomic mass is 10.1. The molecule has 11 heteroatoms. The SMILES string of the molecule is COc1cc(CN2C[C@@H](CO)O[C@@H](n3cnc4c(N(C)C(C)C)ncnc43)C2)cc(OC)c1OC. The van der Waals surface area contributed by atoms with Crippen LogP contribution >= 0.6 is 0 Å². The van der Waals surface area contributed by atoms with Gasteiger partial charge in [0, 0.05) is 32.7 Å². The molecule has 3 aromatic rings. The van der Waals surface area contributed by atoms with Crippen molar-refractivity contribution in [3.63, 3.8) is 0 Å². The number of nitrogens with zero attached hydrogens (tertiary/aromatic N) is 6. The molecule has 0 saturated carbocycles. The molecular weight excluding hydrogens is 452 g/mol. The van der Waals surface area contributed by atoms with Crippen LogP contribution in [0.25, 0.3) is 11.2 Å². The summed E-state index contributed by atoms with van der Waals surface area (Å²) < 4.78 is 24.6. The van der Waals surface area contributed by atoms with Crippen molar-refractivity contribution < 1.29 is 24.1 Å². The highest BCUT2D eigenvalue weighted by Crippen LogP contribution is 2.39. The van der Waals surface area contributed by atoms with E-state index in [1.54, 1.807) is 34.0 Å². The van der Waals surface area contributed by atoms with E-state index in [-0.39, 0.29) is 25.0 Å². The standard InChI is InChI=1S/C24H34N6O5/c1-15(2)28(3)23-21-24(26-13-25-23)30(14-27-21)20-11-29(10-17(12-31)35-20)9-16-7-18(32-4)22(34-6)19(8-16)33-5/h7-8,13-15,17,20,31H,9-12H2,1-6H3/t17-,20+/m0/s1. The number of imidazole rings is 1. The van der Waals surface area contributed by atoms with Gasteiger partial charge in [-0.2, -0.15) is 0 Å². The molecule has 11 nitrogen and oxygen atoms in total. The van der Waals surface area contributed by atoms with Crippen LogP contribution < -0.4 is 19.1 Å². The summed E-state index contributed by atoms with van der Waals surface area (Å²) in [4.78, 5) is 17.8. The first kappa shape index (κ1) is 25.0. The van der Waals surface area contributed by atoms with Crippen molar-refractivity contribution in [2.24, 2.45) is 0 Å². The molecule has 1 saturated heterocycles. The molecule has 4 rings (SSSR count). The molecule has 2 atom stereocenters. The van der Waals surface area contributed by atoms with Gasteiger partial charge in [-0.25, -0.2) is 15.0 Å². The number of hydrogen-bond donors (Lipinski definition) is 1. The number of methoxy groups -OCH3 is 3. The molecule has 1 aromatic carbocycles. The van der Waals surface area contributed by atoms with E-state index in [4.69, 9.17) is 18.9 Å². The minimum Gasteiger partial charge on any atom is -0.493 e. The van der Waals surface area contributed by atoms with Gasteiger partial charge in [0.2, 0.25) is 5.75 Å². The van der Waals surface area contributed by atoms with Crippen molar-refractivity contribution in [3.8, 4) is 17.2 Å². The number of ether oxygens (including phenoxy) is 4. The number of rotatable bonds is 9. The summed E-state index contributed by atoms with van der Waals surface area (Å²) in [5.41, 5.74) is 2.41. The number of benzene rings is 1. The van der Waals surface area contributed by atoms with Gasteiger partial charge in [-0.05, 0) is 31.5 Å². The second-order valence-electron chi connectivity index (χ2n) is 8.85. The van der Waals surface area contributed by atoms with Gasteiger partial charge < -0.3 is 29.0 Å². The monoisotopic (exact) mass is 486 g/mol. The number of hydrogen-bond acceptors (Lipinski definition) is 10. The number of morpholine rings is 1. The molecule has 1 N–H and O–H groups in total. The molecule has 0 bridgehead atoms. The quantitative estimate of drug-likeness (QED) is 0.483. The first-order valence-electron chi connectivity index (χ1n) is 11.6. The zero-order valence-electron chi connectivity index (χ0n) is 21.1. The maximum Gasteiger partial charge on any atom is 0.203 e. The number of aliphatic hydroxyl groups is 1. The van der Waals surface area contributed by atoms with Crippen molar-refractivity contribution in [1.29, 1.82) is 0 Å². The van der Waals surface area contributed by atoms with E-state index in [1.165, 1.54) is 0 Å². The van der Waals surface area contributed by atoms with E-state index in [9.17, 15) is 5.11 Å². The lowest BCUT2D eigenvalue weighted by Gasteiger charge is -2.38. The molecule has 0 aliphatic carbocycles. The molecular formula is C24H34N6O5. The van der Waals surface area contributed by atoms with Gasteiger partial charge in [-0.3, -0.25) is 9.47 Å². The minimum absolute atomic E-state index is 0.0921. The Morgan fingerprint density at radius 2 is 1.80 bits per heavy atom. The average molecular weight is 487 g/mol. The highest BCUT2D eigenvalue weighted by molar-refractivity contribution is 5.83. The van der Waals surface area contributed by atoms with Gasteiger partial charge in [0.1, 0.15) is 12.6 Å². The smallest absolute Gasteiger partial charge is 0.203 e. The van der Waals surface area contributed by atoms with Crippen molar-refractivity contribution in [2.75, 3.05) is 53.0 Å². The number of anilines is 1. The Morgan fingerprint density at radius 3 is 2.40 bits per heavy atom. The summed E-state index contributed by atoms with van der Waals surface area (Å²) in [6.45, 7) is 5.87. The van der Waals surface area contributed by atoms with Crippen molar-refractivity contribution in [2.45, 2.75) is 38.8 Å². The van der Waals surface area contributed by atoms with Crippen LogP contribution in [0.5, 0.6) is 17.2 Å². The van der Waals surface area contributed by atoms with Crippen LogP contribution in [-0.4, -0.2) is 89.7 Å². The summed E-state index contributed by atoms with van der Waals surface area (Å²) in [6, 6.07) is 4.14. The van der Waals surface area contributed by atoms with Crippen LogP contribution in [0.15, 0.2) is 24.8 Å². The summed E-state index contributed by atoms with van der Waals surface area (Å²) in [7, 11) is 6.78. The summed E-state index contributed by atoms with van der Waals surface area (Å²) in [5, 5.41) is 9.95. The third kappa shape index (κ3) is 4.97. The van der Waals surface area contributed by atoms with Crippen LogP contribution in [-0.2, 0) is 11.3 Å². The minimum atomic E-state index is -0.375. The first-order valence-corrected chi connectivity index (χ1v) is 11.6. The Kier molecular flexibility index (Phi) is 7.58. The maximum atomic E-state index is 9.95. The average Bonchev–Trinajstić information content (AvgIpc) is 3.31. The highest BCUT2D eigenvalue weighted by atomic mass is 16.5. The number of fused-ring (bicyclic) bond motifs is 1. The van der Waals surface area contributed by atoms with E-state index in [0.29, 0.717) is 42.5 Å². The zero-order chi connectivity index (χ0) is 25.1. The van der Waals surface area contributed by atoms with E-state index in [0.717, 1.165) is 16.9 Å². The molecule has 0 spiro atoms. The summed E-state index contributed by atoms with van der Waals surface area (Å²) >= 11 is 0. The van der Waals surface area contributed by atoms with E-state index < -0.39 is 0 Å². The van der Waals surface area contributed by atoms with Crippen LogP contribution in [0.4, 0.5) is 5.82 Å². The van der Waals surface area contributed by atoms with Gasteiger partial charge in [0.15, 0.2) is 28.5 Å². The number of aliphatic hydroxyl groups excluding tert-OH is 1. The lowest BCUT2D eigenvalue weighted by molar-refractivity contribution is -0.135. The van der Waals surface area contributed by atoms with E-state index in [1.807, 2.05) is 23.7 Å². The second-order valence-corrected chi connectivity index (χ2v) is 8.85. The molecule has 1 aliphatic heterocycles. The van der Waals surface area contributed by atoms with Gasteiger partial charge in [-0.1, -0.05) is 0 Å². The third-order valence-electron chi connectivity index (χ3n) is 6.32. The first-order chi connectivity index (χ1) is 16.9. The Balaban J connectivity index is 1.62. The maximum absolute atomic E-state index is 9.95. The Bertz CT molecular complexity index is 1130. The van der Waals surface area contributed by atoms with Crippen molar-refractivity contribution in [3.05, 3.63) is 30.4 Å². The molecule has 3 heterocycles. The topological polar surface area (TPSA) is 107 Å². The molecule has 0 amide bonds. The third-order valence-corrected chi connectivity index (χ3v) is 6.32. The molecule has 190 valence electrons. The fourth-order valence-electron chi connectivity index (χ4n) is 4.31. The molecule has 2 aromatic heterocycles. The summed E-state index contributed by atoms with van der Waals surface area (Å²) in [6.07, 6.45) is 2.56. The van der Waals surface area contributed by atoms with Gasteiger partial charge >= 0.3 is 0 Å². The molecule has 35 heavy (non-hydrogen) atoms. The predicted molar refractivity (Wildman–Crippen MR) is 131 cm³/mol. The van der Waals surface area contributed by atoms with E-state index in [2.05, 4.69) is 38.6 Å². The Morgan fingerprint density at radius 1 is 1.09 bits per heavy atom. The van der Waals surface area contributed by atoms with Crippen LogP contribution in [0.2, 0.25) is 0 Å². The van der Waals surface area contributed by atoms with Crippen molar-refractivity contribution >= 4 is 17.0 Å². The number of aromatic nitrogens is 4. The zero-order valence-corrected chi connectivity index (χ0v) is 21.1. The summed E-state index contributed by atoms with van der Waals surface area (Å²) in [5.74, 6) is 2.53. The van der Waals surface area contributed by atoms with Crippen LogP contribution in [0.3, 0.4) is 0 Å². The van der Waals surface area contributed by atoms with Crippen LogP contribution in [0, 0.1) is 0 Å². The predicted octanol–water partition coefficient (Wildman–Crippen LogP) is 2.09. The van der Waals surface area contributed by atoms with Crippen molar-refractivity contribution in [1.82, 2.24) is 24.4 Å². The Labute approximate surface area is 205 Å². The van der Waals surface area contributed by atoms with Crippen LogP contribution in [0.1, 0.15) is 25.6 Å². The second kappa shape index (κ2) is 10.6. The van der Waals surface area contributed by atoms with Gasteiger partial charge in [0.25, 0.3) is 0 Å². The fraction of sp³-hybridized carbons (Fsp3) is 0.542. The van der Waals surface area contributed by atoms with E-state index >= 15 is 0 Å². The lowest BCUT2D eigenvalue weighted by Crippen LogP contribution is -2.46.